The zero-order valence-electron chi connectivity index (χ0n) is 9.34. The van der Waals surface area contributed by atoms with Gasteiger partial charge in [-0.1, -0.05) is 0 Å². The quantitative estimate of drug-likeness (QED) is 0.591. The number of carboxylic acids is 1. The fraction of sp³-hybridized carbons (Fsp3) is 0. The minimum atomic E-state index is -0.899. The molecule has 0 amide bonds. The van der Waals surface area contributed by atoms with Gasteiger partial charge in [0.15, 0.2) is 0 Å². The molecule has 2 aromatic carbocycles. The number of aromatic carboxylic acids is 1. The maximum atomic E-state index is 10.2. The van der Waals surface area contributed by atoms with Crippen LogP contribution in [0.5, 0.6) is 0 Å². The summed E-state index contributed by atoms with van der Waals surface area (Å²) in [6.45, 7) is 0. The Labute approximate surface area is 146 Å². The molecule has 2 nitrogen and oxygen atoms in total. The Morgan fingerprint density at radius 3 is 1.65 bits per heavy atom. The predicted molar refractivity (Wildman–Crippen MR) is 57.5 cm³/mol. The maximum absolute atomic E-state index is 10.2. The van der Waals surface area contributed by atoms with Crippen LogP contribution in [0.2, 0.25) is 0 Å². The van der Waals surface area contributed by atoms with Crippen molar-refractivity contribution in [1.29, 1.82) is 0 Å². The van der Waals surface area contributed by atoms with Gasteiger partial charge in [0.05, 0.1) is 0 Å². The van der Waals surface area contributed by atoms with Gasteiger partial charge in [0, 0.05) is 32.7 Å². The maximum Gasteiger partial charge on any atom is 2.00 e. The molecule has 0 bridgehead atoms. The summed E-state index contributed by atoms with van der Waals surface area (Å²) in [4.78, 5) is 10.2. The Hall–Kier alpha value is -0.0640. The molecule has 0 saturated heterocycles. The Balaban J connectivity index is 0. The van der Waals surface area contributed by atoms with E-state index < -0.39 is 5.97 Å². The van der Waals surface area contributed by atoms with E-state index in [4.69, 9.17) is 5.11 Å². The molecule has 79 valence electrons. The largest absolute Gasteiger partial charge is 2.00 e. The molecular formula is C13H10CdO2Y. The van der Waals surface area contributed by atoms with Crippen LogP contribution in [0.15, 0.2) is 54.6 Å². The first-order valence-corrected chi connectivity index (χ1v) is 4.41. The summed E-state index contributed by atoms with van der Waals surface area (Å²) >= 11 is 0. The second-order valence-electron chi connectivity index (χ2n) is 2.67. The molecule has 0 heterocycles. The molecular weight excluding hydrogens is 389 g/mol. The number of carbonyl (C=O) groups is 1. The zero-order chi connectivity index (χ0) is 10.9. The Kier molecular flexibility index (Phi) is 14.1. The number of rotatable bonds is 1. The van der Waals surface area contributed by atoms with Crippen LogP contribution in [0.3, 0.4) is 0 Å². The van der Waals surface area contributed by atoms with Crippen molar-refractivity contribution in [2.45, 2.75) is 0 Å². The van der Waals surface area contributed by atoms with E-state index in [1.807, 2.05) is 30.3 Å². The van der Waals surface area contributed by atoms with Gasteiger partial charge < -0.3 is 5.11 Å². The van der Waals surface area contributed by atoms with Crippen LogP contribution >= 0.6 is 0 Å². The van der Waals surface area contributed by atoms with Gasteiger partial charge in [-0.2, -0.15) is 66.7 Å². The van der Waals surface area contributed by atoms with Gasteiger partial charge in [0.2, 0.25) is 0 Å². The molecule has 2 rings (SSSR count). The molecule has 0 aliphatic carbocycles. The number of hydrogen-bond acceptors (Lipinski definition) is 1. The summed E-state index contributed by atoms with van der Waals surface area (Å²) in [5.74, 6) is -0.899. The van der Waals surface area contributed by atoms with Gasteiger partial charge in [-0.05, 0) is 5.56 Å². The molecule has 0 fully saturated rings. The molecule has 4 heteroatoms. The van der Waals surface area contributed by atoms with Gasteiger partial charge in [0.1, 0.15) is 0 Å². The number of carboxylic acid groups (broad SMARTS) is 1. The summed E-state index contributed by atoms with van der Waals surface area (Å²) in [5.41, 5.74) is 0.300. The second-order valence-corrected chi connectivity index (χ2v) is 2.67. The molecule has 0 atom stereocenters. The second kappa shape index (κ2) is 12.4. The first kappa shape index (κ1) is 19.3. The molecule has 0 spiro atoms. The average Bonchev–Trinajstić information content (AvgIpc) is 2.33. The van der Waals surface area contributed by atoms with Crippen LogP contribution < -0.4 is 0 Å². The van der Waals surface area contributed by atoms with Gasteiger partial charge in [0.25, 0.3) is 0 Å². The molecule has 0 unspecified atom stereocenters. The van der Waals surface area contributed by atoms with Crippen molar-refractivity contribution in [3.05, 3.63) is 72.3 Å². The summed E-state index contributed by atoms with van der Waals surface area (Å²) < 4.78 is 0. The van der Waals surface area contributed by atoms with E-state index in [0.29, 0.717) is 5.56 Å². The molecule has 0 aliphatic heterocycles. The third kappa shape index (κ3) is 9.62. The van der Waals surface area contributed by atoms with E-state index in [-0.39, 0.29) is 60.0 Å². The van der Waals surface area contributed by atoms with Gasteiger partial charge in [-0.15, -0.1) is 0 Å². The first-order chi connectivity index (χ1) is 7.30. The summed E-state index contributed by atoms with van der Waals surface area (Å²) in [5, 5.41) is 8.37. The summed E-state index contributed by atoms with van der Waals surface area (Å²) in [6.07, 6.45) is 0. The predicted octanol–water partition coefficient (Wildman–Crippen LogP) is 2.67. The van der Waals surface area contributed by atoms with Crippen LogP contribution in [0.1, 0.15) is 10.4 Å². The number of benzene rings is 2. The van der Waals surface area contributed by atoms with Crippen LogP contribution in [-0.4, -0.2) is 11.1 Å². The van der Waals surface area contributed by atoms with Crippen LogP contribution in [0, 0.1) is 12.1 Å². The fourth-order valence-electron chi connectivity index (χ4n) is 0.871. The normalized spacial score (nSPS) is 7.53. The molecule has 1 N–H and O–H groups in total. The fourth-order valence-corrected chi connectivity index (χ4v) is 0.871. The zero-order valence-corrected chi connectivity index (χ0v) is 16.2. The molecule has 0 saturated carbocycles. The van der Waals surface area contributed by atoms with Crippen molar-refractivity contribution >= 4 is 5.97 Å². The summed E-state index contributed by atoms with van der Waals surface area (Å²) in [6, 6.07) is 21.4. The van der Waals surface area contributed by atoms with E-state index in [2.05, 4.69) is 12.1 Å². The van der Waals surface area contributed by atoms with E-state index in [9.17, 15) is 4.79 Å². The van der Waals surface area contributed by atoms with Gasteiger partial charge in [-0.25, -0.2) is 4.79 Å². The smallest absolute Gasteiger partial charge is 0.479 e. The van der Waals surface area contributed by atoms with E-state index in [1.54, 1.807) is 12.1 Å². The molecule has 2 aromatic rings. The standard InChI is InChI=1S/C7H5O2.C6H5.Cd.Y/c8-7(9)6-4-2-1-3-5-6;1-2-4-6-5-3-1;;/h2-5H,(H,8,9);1-5H;;/q2*-1;+2;. The van der Waals surface area contributed by atoms with E-state index in [0.717, 1.165) is 0 Å². The van der Waals surface area contributed by atoms with Crippen molar-refractivity contribution in [1.82, 2.24) is 0 Å². The van der Waals surface area contributed by atoms with Crippen molar-refractivity contribution < 1.29 is 69.9 Å². The molecule has 17 heavy (non-hydrogen) atoms. The first-order valence-electron chi connectivity index (χ1n) is 4.41. The third-order valence-electron chi connectivity index (χ3n) is 1.57. The minimum absolute atomic E-state index is 0. The molecule has 0 aromatic heterocycles. The van der Waals surface area contributed by atoms with E-state index in [1.165, 1.54) is 12.1 Å². The van der Waals surface area contributed by atoms with Crippen LogP contribution in [0.4, 0.5) is 0 Å². The van der Waals surface area contributed by atoms with Crippen molar-refractivity contribution in [2.24, 2.45) is 0 Å². The van der Waals surface area contributed by atoms with Crippen molar-refractivity contribution in [2.75, 3.05) is 0 Å². The van der Waals surface area contributed by atoms with E-state index >= 15 is 0 Å². The molecule has 0 aliphatic rings. The minimum Gasteiger partial charge on any atom is -0.479 e. The van der Waals surface area contributed by atoms with Gasteiger partial charge >= 0.3 is 33.3 Å². The Morgan fingerprint density at radius 1 is 0.941 bits per heavy atom. The number of hydrogen-bond donors (Lipinski definition) is 1. The monoisotopic (exact) mass is 401 g/mol. The Bertz CT molecular complexity index is 366. The Morgan fingerprint density at radius 2 is 1.41 bits per heavy atom. The SMILES string of the molecule is O=C(O)c1cc[c-]cc1.[Cd+2].[Y].[c-]1ccccc1. The third-order valence-corrected chi connectivity index (χ3v) is 1.57. The van der Waals surface area contributed by atoms with Crippen molar-refractivity contribution in [3.63, 3.8) is 0 Å². The van der Waals surface area contributed by atoms with Crippen LogP contribution in [-0.2, 0) is 60.0 Å². The topological polar surface area (TPSA) is 37.3 Å². The average molecular weight is 400 g/mol. The molecule has 1 radical (unpaired) electrons. The summed E-state index contributed by atoms with van der Waals surface area (Å²) in [7, 11) is 0. The van der Waals surface area contributed by atoms with Gasteiger partial charge in [-0.3, -0.25) is 0 Å². The van der Waals surface area contributed by atoms with Crippen molar-refractivity contribution in [3.8, 4) is 0 Å². The van der Waals surface area contributed by atoms with Crippen LogP contribution in [0.25, 0.3) is 0 Å².